The average molecular weight is 617 g/mol. The van der Waals surface area contributed by atoms with Crippen molar-refractivity contribution >= 4 is 17.1 Å². The van der Waals surface area contributed by atoms with E-state index in [0.717, 1.165) is 39.7 Å². The Bertz CT molecular complexity index is 2140. The van der Waals surface area contributed by atoms with Gasteiger partial charge in [0, 0.05) is 28.2 Å². The Balaban J connectivity index is 1.19. The standard InChI is InChI=1S/C44H32N4/c1-5-13-33(14-6-1)35-21-25-39(26-22-35)47(40-27-23-36(24-28-40)34-15-7-2-8-16-34)41-29-31-42(32-30-41)48-44(38-19-11-4-12-20-38)45-43(46-48)37-17-9-3-10-18-37/h1-32H. The molecule has 7 aromatic carbocycles. The molecule has 0 aliphatic rings. The molecule has 0 N–H and O–H groups in total. The molecule has 0 saturated carbocycles. The van der Waals surface area contributed by atoms with Crippen LogP contribution < -0.4 is 4.90 Å². The van der Waals surface area contributed by atoms with Gasteiger partial charge in [-0.3, -0.25) is 0 Å². The number of benzene rings is 7. The number of aromatic nitrogens is 3. The highest BCUT2D eigenvalue weighted by Crippen LogP contribution is 2.37. The highest BCUT2D eigenvalue weighted by Gasteiger charge is 2.17. The maximum atomic E-state index is 4.99. The summed E-state index contributed by atoms with van der Waals surface area (Å²) in [5.41, 5.74) is 10.9. The van der Waals surface area contributed by atoms with Crippen LogP contribution in [0.4, 0.5) is 17.1 Å². The third-order valence-corrected chi connectivity index (χ3v) is 8.49. The molecular formula is C44H32N4. The lowest BCUT2D eigenvalue weighted by atomic mass is 10.0. The van der Waals surface area contributed by atoms with Gasteiger partial charge in [0.25, 0.3) is 0 Å². The molecule has 4 heteroatoms. The topological polar surface area (TPSA) is 34.0 Å². The molecular weight excluding hydrogens is 585 g/mol. The predicted molar refractivity (Wildman–Crippen MR) is 198 cm³/mol. The summed E-state index contributed by atoms with van der Waals surface area (Å²) in [6.45, 7) is 0. The van der Waals surface area contributed by atoms with Crippen LogP contribution in [0, 0.1) is 0 Å². The van der Waals surface area contributed by atoms with E-state index in [0.29, 0.717) is 5.82 Å². The first-order chi connectivity index (χ1) is 23.8. The van der Waals surface area contributed by atoms with Gasteiger partial charge in [-0.15, -0.1) is 5.10 Å². The Morgan fingerprint density at radius 1 is 0.333 bits per heavy atom. The van der Waals surface area contributed by atoms with Gasteiger partial charge in [-0.1, -0.05) is 146 Å². The lowest BCUT2D eigenvalue weighted by Gasteiger charge is -2.26. The van der Waals surface area contributed by atoms with Gasteiger partial charge in [-0.25, -0.2) is 9.67 Å². The summed E-state index contributed by atoms with van der Waals surface area (Å²) < 4.78 is 1.94. The minimum absolute atomic E-state index is 0.692. The average Bonchev–Trinajstić information content (AvgIpc) is 3.63. The smallest absolute Gasteiger partial charge is 0.182 e. The fourth-order valence-electron chi connectivity index (χ4n) is 6.03. The summed E-state index contributed by atoms with van der Waals surface area (Å²) in [5.74, 6) is 1.49. The number of hydrogen-bond donors (Lipinski definition) is 0. The van der Waals surface area contributed by atoms with E-state index in [-0.39, 0.29) is 0 Å². The molecule has 0 unspecified atom stereocenters. The van der Waals surface area contributed by atoms with Crippen LogP contribution in [0.3, 0.4) is 0 Å². The number of nitrogens with zero attached hydrogens (tertiary/aromatic N) is 4. The Morgan fingerprint density at radius 2 is 0.688 bits per heavy atom. The summed E-state index contributed by atoms with van der Waals surface area (Å²) in [5, 5.41) is 4.99. The van der Waals surface area contributed by atoms with Gasteiger partial charge in [-0.2, -0.15) is 0 Å². The molecule has 0 spiro atoms. The van der Waals surface area contributed by atoms with E-state index in [4.69, 9.17) is 10.1 Å². The molecule has 0 bridgehead atoms. The van der Waals surface area contributed by atoms with Gasteiger partial charge < -0.3 is 4.90 Å². The fourth-order valence-corrected chi connectivity index (χ4v) is 6.03. The molecule has 0 saturated heterocycles. The van der Waals surface area contributed by atoms with E-state index in [1.807, 2.05) is 65.3 Å². The van der Waals surface area contributed by atoms with Crippen LogP contribution in [0.1, 0.15) is 0 Å². The second-order valence-corrected chi connectivity index (χ2v) is 11.6. The second kappa shape index (κ2) is 13.1. The summed E-state index contributed by atoms with van der Waals surface area (Å²) in [6.07, 6.45) is 0. The van der Waals surface area contributed by atoms with E-state index >= 15 is 0 Å². The molecule has 4 nitrogen and oxygen atoms in total. The highest BCUT2D eigenvalue weighted by atomic mass is 15.4. The van der Waals surface area contributed by atoms with Crippen LogP contribution >= 0.6 is 0 Å². The molecule has 228 valence electrons. The van der Waals surface area contributed by atoms with Gasteiger partial charge in [-0.05, 0) is 70.8 Å². The summed E-state index contributed by atoms with van der Waals surface area (Å²) in [6, 6.07) is 67.4. The van der Waals surface area contributed by atoms with Gasteiger partial charge in [0.05, 0.1) is 5.69 Å². The lowest BCUT2D eigenvalue weighted by Crippen LogP contribution is -2.10. The summed E-state index contributed by atoms with van der Waals surface area (Å²) >= 11 is 0. The van der Waals surface area contributed by atoms with E-state index in [9.17, 15) is 0 Å². The first-order valence-electron chi connectivity index (χ1n) is 16.1. The molecule has 0 atom stereocenters. The Morgan fingerprint density at radius 3 is 1.12 bits per heavy atom. The van der Waals surface area contributed by atoms with Crippen molar-refractivity contribution in [3.05, 3.63) is 194 Å². The van der Waals surface area contributed by atoms with E-state index in [1.165, 1.54) is 22.3 Å². The van der Waals surface area contributed by atoms with Crippen molar-refractivity contribution in [2.45, 2.75) is 0 Å². The monoisotopic (exact) mass is 616 g/mol. The minimum atomic E-state index is 0.692. The predicted octanol–water partition coefficient (Wildman–Crippen LogP) is 11.4. The lowest BCUT2D eigenvalue weighted by molar-refractivity contribution is 0.890. The van der Waals surface area contributed by atoms with Crippen molar-refractivity contribution in [1.29, 1.82) is 0 Å². The fraction of sp³-hybridized carbons (Fsp3) is 0. The van der Waals surface area contributed by atoms with Crippen molar-refractivity contribution in [3.8, 4) is 50.7 Å². The first-order valence-corrected chi connectivity index (χ1v) is 16.1. The quantitative estimate of drug-likeness (QED) is 0.170. The van der Waals surface area contributed by atoms with Crippen LogP contribution in [-0.4, -0.2) is 14.8 Å². The van der Waals surface area contributed by atoms with Crippen molar-refractivity contribution in [1.82, 2.24) is 14.8 Å². The molecule has 0 fully saturated rings. The summed E-state index contributed by atoms with van der Waals surface area (Å²) in [7, 11) is 0. The zero-order valence-electron chi connectivity index (χ0n) is 26.3. The van der Waals surface area contributed by atoms with E-state index in [1.54, 1.807) is 0 Å². The largest absolute Gasteiger partial charge is 0.311 e. The molecule has 0 radical (unpaired) electrons. The third kappa shape index (κ3) is 5.91. The van der Waals surface area contributed by atoms with Gasteiger partial charge in [0.2, 0.25) is 0 Å². The molecule has 1 heterocycles. The maximum Gasteiger partial charge on any atom is 0.182 e. The van der Waals surface area contributed by atoms with Crippen molar-refractivity contribution < 1.29 is 0 Å². The van der Waals surface area contributed by atoms with Gasteiger partial charge in [0.15, 0.2) is 11.6 Å². The van der Waals surface area contributed by atoms with Crippen LogP contribution in [-0.2, 0) is 0 Å². The van der Waals surface area contributed by atoms with Gasteiger partial charge in [0.1, 0.15) is 0 Å². The number of hydrogen-bond acceptors (Lipinski definition) is 3. The maximum absolute atomic E-state index is 4.99. The molecule has 1 aromatic heterocycles. The van der Waals surface area contributed by atoms with Crippen molar-refractivity contribution in [2.75, 3.05) is 4.90 Å². The van der Waals surface area contributed by atoms with Crippen LogP contribution in [0.25, 0.3) is 50.7 Å². The van der Waals surface area contributed by atoms with E-state index in [2.05, 4.69) is 138 Å². The molecule has 8 aromatic rings. The van der Waals surface area contributed by atoms with Crippen LogP contribution in [0.15, 0.2) is 194 Å². The molecule has 8 rings (SSSR count). The van der Waals surface area contributed by atoms with Gasteiger partial charge >= 0.3 is 0 Å². The minimum Gasteiger partial charge on any atom is -0.311 e. The Labute approximate surface area is 280 Å². The van der Waals surface area contributed by atoms with Crippen molar-refractivity contribution in [3.63, 3.8) is 0 Å². The van der Waals surface area contributed by atoms with Crippen molar-refractivity contribution in [2.24, 2.45) is 0 Å². The second-order valence-electron chi connectivity index (χ2n) is 11.6. The van der Waals surface area contributed by atoms with E-state index < -0.39 is 0 Å². The highest BCUT2D eigenvalue weighted by molar-refractivity contribution is 5.80. The molecule has 0 amide bonds. The zero-order valence-corrected chi connectivity index (χ0v) is 26.3. The first kappa shape index (κ1) is 28.9. The normalized spacial score (nSPS) is 10.9. The van der Waals surface area contributed by atoms with Crippen LogP contribution in [0.5, 0.6) is 0 Å². The molecule has 0 aliphatic heterocycles. The third-order valence-electron chi connectivity index (χ3n) is 8.49. The number of anilines is 3. The van der Waals surface area contributed by atoms with Crippen LogP contribution in [0.2, 0.25) is 0 Å². The SMILES string of the molecule is c1ccc(-c2ccc(N(c3ccc(-c4ccccc4)cc3)c3ccc(-n4nc(-c5ccccc5)nc4-c4ccccc4)cc3)cc2)cc1. The molecule has 0 aliphatic carbocycles. The molecule has 48 heavy (non-hydrogen) atoms. The zero-order chi connectivity index (χ0) is 32.1. The Kier molecular flexibility index (Phi) is 7.87. The Hall–Kier alpha value is -6.52. The number of rotatable bonds is 8. The summed E-state index contributed by atoms with van der Waals surface area (Å²) in [4.78, 5) is 7.28.